The highest BCUT2D eigenvalue weighted by molar-refractivity contribution is 5.95. The number of carbonyl (C=O) groups excluding carboxylic acids is 1. The van der Waals surface area contributed by atoms with E-state index in [0.717, 1.165) is 6.42 Å². The second-order valence-corrected chi connectivity index (χ2v) is 7.64. The van der Waals surface area contributed by atoms with E-state index in [0.29, 0.717) is 54.6 Å². The van der Waals surface area contributed by atoms with Crippen molar-refractivity contribution in [2.45, 2.75) is 6.42 Å². The van der Waals surface area contributed by atoms with Crippen molar-refractivity contribution >= 4 is 17.4 Å². The quantitative estimate of drug-likeness (QED) is 0.337. The van der Waals surface area contributed by atoms with Gasteiger partial charge in [-0.25, -0.2) is 9.97 Å². The van der Waals surface area contributed by atoms with Crippen molar-refractivity contribution in [3.05, 3.63) is 87.9 Å². The highest BCUT2D eigenvalue weighted by atomic mass is 16.6. The Balaban J connectivity index is 1.48. The van der Waals surface area contributed by atoms with E-state index in [9.17, 15) is 14.9 Å². The number of aromatic nitrogens is 2. The zero-order valence-electron chi connectivity index (χ0n) is 18.7. The van der Waals surface area contributed by atoms with Crippen LogP contribution in [-0.4, -0.2) is 59.0 Å². The molecule has 0 bridgehead atoms. The number of anilines is 1. The number of hydrogen-bond donors (Lipinski definition) is 0. The third kappa shape index (κ3) is 5.30. The van der Waals surface area contributed by atoms with Crippen LogP contribution in [0.3, 0.4) is 0 Å². The Labute approximate surface area is 197 Å². The number of amides is 1. The lowest BCUT2D eigenvalue weighted by Gasteiger charge is -2.23. The number of rotatable bonds is 4. The molecule has 0 N–H and O–H groups in total. The highest BCUT2D eigenvalue weighted by Gasteiger charge is 2.22. The molecule has 0 aliphatic carbocycles. The van der Waals surface area contributed by atoms with Gasteiger partial charge in [-0.05, 0) is 48.7 Å². The van der Waals surface area contributed by atoms with Crippen molar-refractivity contribution in [3.8, 4) is 17.6 Å². The smallest absolute Gasteiger partial charge is 0.287 e. The molecule has 3 aromatic rings. The molecule has 0 atom stereocenters. The molecule has 3 heterocycles. The van der Waals surface area contributed by atoms with Crippen molar-refractivity contribution < 1.29 is 14.5 Å². The minimum atomic E-state index is -0.469. The summed E-state index contributed by atoms with van der Waals surface area (Å²) >= 11 is 0. The predicted octanol–water partition coefficient (Wildman–Crippen LogP) is 3.15. The van der Waals surface area contributed by atoms with E-state index in [4.69, 9.17) is 4.74 Å². The Morgan fingerprint density at radius 1 is 1.06 bits per heavy atom. The fourth-order valence-corrected chi connectivity index (χ4v) is 3.71. The van der Waals surface area contributed by atoms with Crippen LogP contribution in [0.5, 0.6) is 5.75 Å². The number of nitrogens with zero attached hydrogens (tertiary/aromatic N) is 5. The van der Waals surface area contributed by atoms with Gasteiger partial charge in [-0.1, -0.05) is 12.0 Å². The van der Waals surface area contributed by atoms with Crippen molar-refractivity contribution in [3.63, 3.8) is 0 Å². The monoisotopic (exact) mass is 457 g/mol. The molecule has 0 saturated carbocycles. The maximum Gasteiger partial charge on any atom is 0.287 e. The maximum absolute atomic E-state index is 13.3. The van der Waals surface area contributed by atoms with E-state index >= 15 is 0 Å². The van der Waals surface area contributed by atoms with Gasteiger partial charge in [-0.3, -0.25) is 14.9 Å². The lowest BCUT2D eigenvalue weighted by molar-refractivity contribution is -0.385. The summed E-state index contributed by atoms with van der Waals surface area (Å²) in [5.74, 6) is 7.23. The first kappa shape index (κ1) is 22.7. The van der Waals surface area contributed by atoms with Crippen molar-refractivity contribution in [2.75, 3.05) is 38.2 Å². The average molecular weight is 457 g/mol. The lowest BCUT2D eigenvalue weighted by Crippen LogP contribution is -2.35. The van der Waals surface area contributed by atoms with Crippen LogP contribution < -0.4 is 9.64 Å². The predicted molar refractivity (Wildman–Crippen MR) is 127 cm³/mol. The molecule has 4 rings (SSSR count). The molecule has 1 fully saturated rings. The normalized spacial score (nSPS) is 13.4. The summed E-state index contributed by atoms with van der Waals surface area (Å²) in [6, 6.07) is 13.8. The van der Waals surface area contributed by atoms with Gasteiger partial charge in [0.1, 0.15) is 23.5 Å². The van der Waals surface area contributed by atoms with Gasteiger partial charge in [0, 0.05) is 44.0 Å². The van der Waals surface area contributed by atoms with Crippen molar-refractivity contribution in [2.24, 2.45) is 0 Å². The fourth-order valence-electron chi connectivity index (χ4n) is 3.71. The second kappa shape index (κ2) is 10.4. The number of benzene rings is 1. The van der Waals surface area contributed by atoms with E-state index in [2.05, 4.69) is 21.8 Å². The molecule has 2 aromatic heterocycles. The van der Waals surface area contributed by atoms with E-state index < -0.39 is 4.92 Å². The number of pyridine rings is 2. The number of carbonyl (C=O) groups is 1. The first-order valence-electron chi connectivity index (χ1n) is 10.8. The molecule has 0 radical (unpaired) electrons. The SMILES string of the molecule is COc1ccc(C(=O)N2CCCN(c3ccc([N+](=O)[O-])cn3)CC2)cc1C#Cc1ccccn1. The second-order valence-electron chi connectivity index (χ2n) is 7.64. The minimum absolute atomic E-state index is 0.0446. The van der Waals surface area contributed by atoms with Crippen LogP contribution in [0.15, 0.2) is 60.9 Å². The summed E-state index contributed by atoms with van der Waals surface area (Å²) in [6.07, 6.45) is 3.69. The van der Waals surface area contributed by atoms with Crippen LogP contribution in [0.1, 0.15) is 28.0 Å². The summed E-state index contributed by atoms with van der Waals surface area (Å²) in [5, 5.41) is 10.9. The van der Waals surface area contributed by atoms with E-state index in [1.165, 1.54) is 12.3 Å². The Morgan fingerprint density at radius 2 is 1.94 bits per heavy atom. The Kier molecular flexibility index (Phi) is 6.98. The summed E-state index contributed by atoms with van der Waals surface area (Å²) < 4.78 is 5.42. The molecule has 9 heteroatoms. The molecule has 1 amide bonds. The lowest BCUT2D eigenvalue weighted by atomic mass is 10.1. The zero-order chi connectivity index (χ0) is 23.9. The van der Waals surface area contributed by atoms with Crippen LogP contribution in [0.4, 0.5) is 11.5 Å². The van der Waals surface area contributed by atoms with Crippen molar-refractivity contribution in [1.29, 1.82) is 0 Å². The van der Waals surface area contributed by atoms with Gasteiger partial charge < -0.3 is 14.5 Å². The average Bonchev–Trinajstić information content (AvgIpc) is 3.14. The van der Waals surface area contributed by atoms with Gasteiger partial charge in [0.25, 0.3) is 11.6 Å². The van der Waals surface area contributed by atoms with Crippen molar-refractivity contribution in [1.82, 2.24) is 14.9 Å². The molecule has 0 spiro atoms. The zero-order valence-corrected chi connectivity index (χ0v) is 18.7. The molecule has 1 aliphatic heterocycles. The van der Waals surface area contributed by atoms with E-state index in [1.807, 2.05) is 28.0 Å². The molecule has 1 aliphatic rings. The molecule has 1 aromatic carbocycles. The van der Waals surface area contributed by atoms with E-state index in [1.54, 1.807) is 37.6 Å². The van der Waals surface area contributed by atoms with Crippen LogP contribution in [-0.2, 0) is 0 Å². The first-order valence-corrected chi connectivity index (χ1v) is 10.8. The van der Waals surface area contributed by atoms with Crippen LogP contribution in [0.25, 0.3) is 0 Å². The third-order valence-corrected chi connectivity index (χ3v) is 5.49. The standard InChI is InChI=1S/C25H23N5O4/c1-34-23-10-7-20(17-19(23)6-8-21-5-2-3-12-26-21)25(31)29-14-4-13-28(15-16-29)24-11-9-22(18-27-24)30(32)33/h2-3,5,7,9-12,17-18H,4,13-16H2,1H3. The topological polar surface area (TPSA) is 102 Å². The summed E-state index contributed by atoms with van der Waals surface area (Å²) in [4.78, 5) is 35.9. The van der Waals surface area contributed by atoms with Gasteiger partial charge in [0.05, 0.1) is 17.6 Å². The van der Waals surface area contributed by atoms with Crippen LogP contribution in [0, 0.1) is 22.0 Å². The van der Waals surface area contributed by atoms with Gasteiger partial charge >= 0.3 is 0 Å². The molecule has 172 valence electrons. The summed E-state index contributed by atoms with van der Waals surface area (Å²) in [7, 11) is 1.57. The highest BCUT2D eigenvalue weighted by Crippen LogP contribution is 2.22. The molecule has 9 nitrogen and oxygen atoms in total. The number of hydrogen-bond acceptors (Lipinski definition) is 7. The molecule has 0 unspecified atom stereocenters. The van der Waals surface area contributed by atoms with Gasteiger partial charge in [0.15, 0.2) is 0 Å². The molecular formula is C25H23N5O4. The fraction of sp³-hybridized carbons (Fsp3) is 0.240. The van der Waals surface area contributed by atoms with Gasteiger partial charge in [-0.15, -0.1) is 0 Å². The Morgan fingerprint density at radius 3 is 2.65 bits per heavy atom. The molecule has 34 heavy (non-hydrogen) atoms. The van der Waals surface area contributed by atoms with E-state index in [-0.39, 0.29) is 11.6 Å². The summed E-state index contributed by atoms with van der Waals surface area (Å²) in [6.45, 7) is 2.40. The Hall–Kier alpha value is -4.45. The number of ether oxygens (including phenoxy) is 1. The number of nitro groups is 1. The largest absolute Gasteiger partial charge is 0.495 e. The Bertz CT molecular complexity index is 1240. The van der Waals surface area contributed by atoms with Gasteiger partial charge in [0.2, 0.25) is 0 Å². The number of methoxy groups -OCH3 is 1. The van der Waals surface area contributed by atoms with Gasteiger partial charge in [-0.2, -0.15) is 0 Å². The van der Waals surface area contributed by atoms with Crippen LogP contribution >= 0.6 is 0 Å². The molecular weight excluding hydrogens is 434 g/mol. The summed E-state index contributed by atoms with van der Waals surface area (Å²) in [5.41, 5.74) is 1.74. The maximum atomic E-state index is 13.3. The minimum Gasteiger partial charge on any atom is -0.495 e. The van der Waals surface area contributed by atoms with Crippen LogP contribution in [0.2, 0.25) is 0 Å². The first-order chi connectivity index (χ1) is 16.5. The molecule has 1 saturated heterocycles. The third-order valence-electron chi connectivity index (χ3n) is 5.49.